The summed E-state index contributed by atoms with van der Waals surface area (Å²) in [6.45, 7) is 1.93. The molecule has 4 aromatic rings. The average molecular weight is 489 g/mol. The number of ether oxygens (including phenoxy) is 1. The third-order valence-electron chi connectivity index (χ3n) is 5.80. The van der Waals surface area contributed by atoms with Crippen molar-refractivity contribution < 1.29 is 53.9 Å². The molecule has 0 saturated heterocycles. The Bertz CT molecular complexity index is 1450. The zero-order chi connectivity index (χ0) is 23.5. The van der Waals surface area contributed by atoms with E-state index < -0.39 is 11.5 Å². The number of hydrogen-bond acceptors (Lipinski definition) is 6. The third-order valence-corrected chi connectivity index (χ3v) is 5.80. The Hall–Kier alpha value is -3.41. The first-order valence-electron chi connectivity index (χ1n) is 11.0. The van der Waals surface area contributed by atoms with Gasteiger partial charge in [-0.25, -0.2) is 11.1 Å². The Kier molecular flexibility index (Phi) is 8.72. The number of nitrogens with zero attached hydrogens (tertiary/aromatic N) is 1. The van der Waals surface area contributed by atoms with Crippen molar-refractivity contribution >= 4 is 28.8 Å². The van der Waals surface area contributed by atoms with Gasteiger partial charge >= 0.3 is 35.7 Å². The van der Waals surface area contributed by atoms with Crippen LogP contribution in [0.5, 0.6) is 0 Å². The number of amides is 1. The largest absolute Gasteiger partial charge is 1.00 e. The first kappa shape index (κ1) is 27.2. The minimum absolute atomic E-state index is 0. The van der Waals surface area contributed by atoms with Crippen LogP contribution in [0.25, 0.3) is 22.1 Å². The van der Waals surface area contributed by atoms with Crippen LogP contribution in [-0.4, -0.2) is 23.0 Å². The average Bonchev–Trinajstić information content (AvgIpc) is 3.58. The fourth-order valence-electron chi connectivity index (χ4n) is 3.61. The van der Waals surface area contributed by atoms with Crippen molar-refractivity contribution in [2.24, 2.45) is 5.41 Å². The van der Waals surface area contributed by atoms with Gasteiger partial charge in [-0.3, -0.25) is 5.32 Å². The molecule has 1 amide bonds. The van der Waals surface area contributed by atoms with E-state index in [0.717, 1.165) is 40.3 Å². The van der Waals surface area contributed by atoms with Gasteiger partial charge in [0.2, 0.25) is 0 Å². The molecule has 0 spiro atoms. The molecular formula is C28H22N2NaO5-. The maximum atomic E-state index is 12.4. The molecule has 1 aliphatic carbocycles. The number of carbonyl (C=O) groups excluding carboxylic acids is 2. The van der Waals surface area contributed by atoms with Crippen molar-refractivity contribution in [2.45, 2.75) is 26.4 Å². The second-order valence-electron chi connectivity index (χ2n) is 8.37. The predicted octanol–water partition coefficient (Wildman–Crippen LogP) is 2.62. The molecule has 0 radical (unpaired) electrons. The number of carbonyl (C=O) groups is 1. The normalized spacial score (nSPS) is 12.8. The maximum Gasteiger partial charge on any atom is 1.00 e. The van der Waals surface area contributed by atoms with Gasteiger partial charge in [0.1, 0.15) is 18.0 Å². The van der Waals surface area contributed by atoms with Crippen molar-refractivity contribution in [3.63, 3.8) is 0 Å². The zero-order valence-electron chi connectivity index (χ0n) is 20.0. The molecule has 0 atom stereocenters. The standard InChI is InChI=1S/C28H21N2O4.Na.H2O/c1-19-25(29-27(32)33-17-21-5-3-2-4-6-21)26(34-30-19)24-10-9-22-15-20(7-8-23(22)16-24)11-12-28(18-31)13-14-28;;/h2-10,15-16H,13-14,17H2,1H3,(H,29,32);;1H2/q-1;+1;/p-1. The minimum atomic E-state index is -0.582. The van der Waals surface area contributed by atoms with E-state index in [2.05, 4.69) is 22.3 Å². The van der Waals surface area contributed by atoms with Crippen LogP contribution >= 0.6 is 0 Å². The van der Waals surface area contributed by atoms with E-state index in [1.807, 2.05) is 73.0 Å². The number of benzene rings is 3. The van der Waals surface area contributed by atoms with Crippen LogP contribution < -0.4 is 34.9 Å². The molecule has 0 unspecified atom stereocenters. The van der Waals surface area contributed by atoms with Crippen molar-refractivity contribution in [3.8, 4) is 23.2 Å². The van der Waals surface area contributed by atoms with Gasteiger partial charge in [0.15, 0.2) is 5.76 Å². The molecule has 0 bridgehead atoms. The fourth-order valence-corrected chi connectivity index (χ4v) is 3.61. The van der Waals surface area contributed by atoms with E-state index in [0.29, 0.717) is 17.1 Å². The van der Waals surface area contributed by atoms with Crippen LogP contribution in [0.15, 0.2) is 71.3 Å². The Morgan fingerprint density at radius 1 is 1.11 bits per heavy atom. The predicted molar refractivity (Wildman–Crippen MR) is 131 cm³/mol. The van der Waals surface area contributed by atoms with Gasteiger partial charge in [-0.2, -0.15) is 0 Å². The van der Waals surface area contributed by atoms with E-state index in [1.54, 1.807) is 6.92 Å². The Morgan fingerprint density at radius 2 is 1.83 bits per heavy atom. The van der Waals surface area contributed by atoms with Gasteiger partial charge in [0, 0.05) is 11.1 Å². The topological polar surface area (TPSA) is 111 Å². The SMILES string of the molecule is Cc1noc(-c2ccc3cc(C#CC4([C-]=O)CC4)ccc3c2)c1NC(=O)OCc1ccccc1.[Na+].[OH-]. The zero-order valence-corrected chi connectivity index (χ0v) is 22.0. The molecule has 1 aliphatic rings. The summed E-state index contributed by atoms with van der Waals surface area (Å²) in [5, 5.41) is 8.77. The molecule has 3 aromatic carbocycles. The Morgan fingerprint density at radius 3 is 2.56 bits per heavy atom. The Labute approximate surface area is 230 Å². The van der Waals surface area contributed by atoms with Gasteiger partial charge in [-0.05, 0) is 41.5 Å². The number of anilines is 1. The van der Waals surface area contributed by atoms with Crippen molar-refractivity contribution in [3.05, 3.63) is 83.6 Å². The molecule has 8 heteroatoms. The summed E-state index contributed by atoms with van der Waals surface area (Å²) in [6, 6.07) is 21.2. The first-order chi connectivity index (χ1) is 16.5. The minimum Gasteiger partial charge on any atom is -0.870 e. The van der Waals surface area contributed by atoms with Crippen molar-refractivity contribution in [2.75, 3.05) is 5.32 Å². The molecular weight excluding hydrogens is 467 g/mol. The van der Waals surface area contributed by atoms with E-state index in [9.17, 15) is 9.59 Å². The van der Waals surface area contributed by atoms with Crippen LogP contribution in [0.1, 0.15) is 29.7 Å². The smallest absolute Gasteiger partial charge is 0.870 e. The van der Waals surface area contributed by atoms with Gasteiger partial charge in [0.05, 0.1) is 0 Å². The number of hydrogen-bond donors (Lipinski definition) is 1. The summed E-state index contributed by atoms with van der Waals surface area (Å²) >= 11 is 0. The quantitative estimate of drug-likeness (QED) is 0.262. The molecule has 5 rings (SSSR count). The summed E-state index contributed by atoms with van der Waals surface area (Å²) in [6.07, 6.45) is 3.03. The molecule has 1 fully saturated rings. The summed E-state index contributed by atoms with van der Waals surface area (Å²) in [5.74, 6) is 6.59. The summed E-state index contributed by atoms with van der Waals surface area (Å²) in [4.78, 5) is 23.4. The van der Waals surface area contributed by atoms with E-state index in [1.165, 1.54) is 0 Å². The number of fused-ring (bicyclic) bond motifs is 1. The number of aryl methyl sites for hydroxylation is 1. The van der Waals surface area contributed by atoms with E-state index in [-0.39, 0.29) is 41.6 Å². The van der Waals surface area contributed by atoms with Crippen LogP contribution in [-0.2, 0) is 16.1 Å². The maximum absolute atomic E-state index is 12.4. The van der Waals surface area contributed by atoms with Crippen LogP contribution in [0, 0.1) is 24.2 Å². The number of rotatable bonds is 5. The molecule has 1 saturated carbocycles. The second-order valence-corrected chi connectivity index (χ2v) is 8.37. The van der Waals surface area contributed by atoms with Crippen LogP contribution in [0.4, 0.5) is 10.5 Å². The number of aromatic nitrogens is 1. The molecule has 2 N–H and O–H groups in total. The molecule has 1 heterocycles. The van der Waals surface area contributed by atoms with Crippen LogP contribution in [0.2, 0.25) is 0 Å². The van der Waals surface area contributed by atoms with Crippen LogP contribution in [0.3, 0.4) is 0 Å². The van der Waals surface area contributed by atoms with Gasteiger partial charge in [-0.1, -0.05) is 77.9 Å². The Balaban J connectivity index is 0.00000180. The number of nitrogens with one attached hydrogen (secondary N) is 1. The van der Waals surface area contributed by atoms with Gasteiger partial charge in [-0.15, -0.1) is 5.92 Å². The molecule has 0 aliphatic heterocycles. The molecule has 1 aromatic heterocycles. The second kappa shape index (κ2) is 11.5. The van der Waals surface area contributed by atoms with Crippen molar-refractivity contribution in [1.29, 1.82) is 0 Å². The van der Waals surface area contributed by atoms with E-state index >= 15 is 0 Å². The fraction of sp³-hybridized carbons (Fsp3) is 0.179. The molecule has 176 valence electrons. The molecule has 36 heavy (non-hydrogen) atoms. The van der Waals surface area contributed by atoms with Gasteiger partial charge < -0.3 is 19.5 Å². The monoisotopic (exact) mass is 489 g/mol. The third kappa shape index (κ3) is 6.04. The summed E-state index contributed by atoms with van der Waals surface area (Å²) < 4.78 is 10.9. The summed E-state index contributed by atoms with van der Waals surface area (Å²) in [7, 11) is 0. The van der Waals surface area contributed by atoms with Crippen molar-refractivity contribution in [1.82, 2.24) is 5.16 Å². The first-order valence-corrected chi connectivity index (χ1v) is 11.0. The molecule has 7 nitrogen and oxygen atoms in total. The summed E-state index contributed by atoms with van der Waals surface area (Å²) in [5.41, 5.74) is 2.99. The van der Waals surface area contributed by atoms with E-state index in [4.69, 9.17) is 9.26 Å². The van der Waals surface area contributed by atoms with Gasteiger partial charge in [0.25, 0.3) is 0 Å².